The first-order valence-corrected chi connectivity index (χ1v) is 6.81. The number of hydrogen-bond donors (Lipinski definition) is 1. The molecule has 2 aromatic heterocycles. The Hall–Kier alpha value is -2.88. The van der Waals surface area contributed by atoms with Crippen LogP contribution in [0.5, 0.6) is 0 Å². The minimum Gasteiger partial charge on any atom is -0.336 e. The molecule has 4 heteroatoms. The van der Waals surface area contributed by atoms with Gasteiger partial charge >= 0.3 is 0 Å². The lowest BCUT2D eigenvalue weighted by Gasteiger charge is -2.00. The molecule has 2 heterocycles. The van der Waals surface area contributed by atoms with Crippen LogP contribution in [0.1, 0.15) is 11.7 Å². The van der Waals surface area contributed by atoms with E-state index in [0.717, 1.165) is 27.8 Å². The Morgan fingerprint density at radius 2 is 1.76 bits per heavy atom. The minimum absolute atomic E-state index is 0.0349. The fourth-order valence-corrected chi connectivity index (χ4v) is 2.76. The van der Waals surface area contributed by atoms with Gasteiger partial charge in [-0.25, -0.2) is 4.98 Å². The third-order valence-electron chi connectivity index (χ3n) is 3.67. The fraction of sp³-hybridized carbons (Fsp3) is 0.0588. The van der Waals surface area contributed by atoms with Gasteiger partial charge in [-0.05, 0) is 6.07 Å². The van der Waals surface area contributed by atoms with Crippen LogP contribution in [0.3, 0.4) is 0 Å². The average Bonchev–Trinajstić information content (AvgIpc) is 3.04. The molecule has 0 aliphatic carbocycles. The molecule has 0 aliphatic heterocycles. The highest BCUT2D eigenvalue weighted by Gasteiger charge is 2.17. The molecule has 0 bridgehead atoms. The molecule has 0 unspecified atom stereocenters. The smallest absolute Gasteiger partial charge is 0.229 e. The number of aromatic amines is 1. The maximum Gasteiger partial charge on any atom is 0.229 e. The van der Waals surface area contributed by atoms with Gasteiger partial charge in [-0.15, -0.1) is 0 Å². The molecule has 0 aliphatic rings. The molecule has 4 rings (SSSR count). The number of imidazole rings is 1. The Labute approximate surface area is 121 Å². The third-order valence-corrected chi connectivity index (χ3v) is 3.67. The summed E-state index contributed by atoms with van der Waals surface area (Å²) in [4.78, 5) is 20.0. The van der Waals surface area contributed by atoms with E-state index in [4.69, 9.17) is 0 Å². The number of H-pyrrole nitrogens is 1. The molecular weight excluding hydrogens is 262 g/mol. The van der Waals surface area contributed by atoms with Crippen LogP contribution in [0.4, 0.5) is 0 Å². The van der Waals surface area contributed by atoms with Crippen LogP contribution >= 0.6 is 0 Å². The lowest BCUT2D eigenvalue weighted by molar-refractivity contribution is 0.0946. The lowest BCUT2D eigenvalue weighted by atomic mass is 10.2. The van der Waals surface area contributed by atoms with Crippen molar-refractivity contribution >= 4 is 28.0 Å². The highest BCUT2D eigenvalue weighted by Crippen LogP contribution is 2.29. The van der Waals surface area contributed by atoms with Gasteiger partial charge in [-0.3, -0.25) is 9.36 Å². The van der Waals surface area contributed by atoms with Crippen LogP contribution in [-0.4, -0.2) is 20.4 Å². The van der Waals surface area contributed by atoms with E-state index in [1.165, 1.54) is 0 Å². The quantitative estimate of drug-likeness (QED) is 0.573. The number of nitrogens with one attached hydrogen (secondary N) is 1. The molecule has 0 fully saturated rings. The SMILES string of the molecule is CC(=O)n1c2ccccc2c2[nH]c(-c3ccccc3)nc21. The average molecular weight is 275 g/mol. The Bertz CT molecular complexity index is 964. The van der Waals surface area contributed by atoms with Gasteiger partial charge in [0.25, 0.3) is 0 Å². The van der Waals surface area contributed by atoms with Gasteiger partial charge in [0.1, 0.15) is 5.82 Å². The number of nitrogens with zero attached hydrogens (tertiary/aromatic N) is 2. The highest BCUT2D eigenvalue weighted by atomic mass is 16.1. The number of fused-ring (bicyclic) bond motifs is 3. The van der Waals surface area contributed by atoms with Crippen molar-refractivity contribution in [3.8, 4) is 11.4 Å². The Morgan fingerprint density at radius 1 is 1.05 bits per heavy atom. The number of carbonyl (C=O) groups excluding carboxylic acids is 1. The number of rotatable bonds is 1. The van der Waals surface area contributed by atoms with E-state index < -0.39 is 0 Å². The summed E-state index contributed by atoms with van der Waals surface area (Å²) >= 11 is 0. The van der Waals surface area contributed by atoms with Crippen molar-refractivity contribution in [2.24, 2.45) is 0 Å². The molecule has 0 spiro atoms. The Kier molecular flexibility index (Phi) is 2.44. The van der Waals surface area contributed by atoms with Gasteiger partial charge in [-0.2, -0.15) is 0 Å². The standard InChI is InChI=1S/C17H13N3O/c1-11(21)20-14-10-6-5-9-13(14)15-17(20)19-16(18-15)12-7-3-2-4-8-12/h2-10H,1H3,(H,18,19). The second-order valence-corrected chi connectivity index (χ2v) is 5.02. The summed E-state index contributed by atoms with van der Waals surface area (Å²) in [5, 5.41) is 1.01. The van der Waals surface area contributed by atoms with Crippen molar-refractivity contribution in [3.63, 3.8) is 0 Å². The van der Waals surface area contributed by atoms with Crippen LogP contribution in [0.25, 0.3) is 33.5 Å². The number of para-hydroxylation sites is 1. The summed E-state index contributed by atoms with van der Waals surface area (Å²) in [5.41, 5.74) is 3.48. The molecule has 0 saturated heterocycles. The van der Waals surface area contributed by atoms with E-state index in [1.54, 1.807) is 11.5 Å². The van der Waals surface area contributed by atoms with Gasteiger partial charge in [-0.1, -0.05) is 48.5 Å². The van der Waals surface area contributed by atoms with Gasteiger partial charge in [0, 0.05) is 17.9 Å². The topological polar surface area (TPSA) is 50.7 Å². The fourth-order valence-electron chi connectivity index (χ4n) is 2.76. The van der Waals surface area contributed by atoms with Gasteiger partial charge < -0.3 is 4.98 Å². The number of carbonyl (C=O) groups is 1. The summed E-state index contributed by atoms with van der Waals surface area (Å²) in [6.45, 7) is 1.56. The van der Waals surface area contributed by atoms with Crippen LogP contribution in [0.15, 0.2) is 54.6 Å². The van der Waals surface area contributed by atoms with Gasteiger partial charge in [0.05, 0.1) is 11.0 Å². The van der Waals surface area contributed by atoms with E-state index in [1.807, 2.05) is 54.6 Å². The van der Waals surface area contributed by atoms with Gasteiger partial charge in [0.15, 0.2) is 5.65 Å². The number of hydrogen-bond acceptors (Lipinski definition) is 2. The second-order valence-electron chi connectivity index (χ2n) is 5.02. The third kappa shape index (κ3) is 1.69. The maximum atomic E-state index is 12.0. The molecule has 1 N–H and O–H groups in total. The van der Waals surface area contributed by atoms with Crippen molar-refractivity contribution in [2.75, 3.05) is 0 Å². The first-order chi connectivity index (χ1) is 10.3. The van der Waals surface area contributed by atoms with Crippen molar-refractivity contribution in [3.05, 3.63) is 54.6 Å². The van der Waals surface area contributed by atoms with E-state index in [9.17, 15) is 4.79 Å². The summed E-state index contributed by atoms with van der Waals surface area (Å²) in [7, 11) is 0. The largest absolute Gasteiger partial charge is 0.336 e. The van der Waals surface area contributed by atoms with Crippen molar-refractivity contribution in [1.29, 1.82) is 0 Å². The van der Waals surface area contributed by atoms with Gasteiger partial charge in [0.2, 0.25) is 5.91 Å². The normalized spacial score (nSPS) is 11.3. The van der Waals surface area contributed by atoms with Crippen molar-refractivity contribution in [1.82, 2.24) is 14.5 Å². The molecule has 0 atom stereocenters. The Morgan fingerprint density at radius 3 is 2.52 bits per heavy atom. The van der Waals surface area contributed by atoms with Crippen LogP contribution in [-0.2, 0) is 0 Å². The van der Waals surface area contributed by atoms with E-state index in [2.05, 4.69) is 9.97 Å². The molecule has 0 saturated carbocycles. The summed E-state index contributed by atoms with van der Waals surface area (Å²) in [6.07, 6.45) is 0. The molecule has 0 amide bonds. The zero-order valence-corrected chi connectivity index (χ0v) is 11.5. The summed E-state index contributed by atoms with van der Waals surface area (Å²) in [6, 6.07) is 17.7. The summed E-state index contributed by atoms with van der Waals surface area (Å²) < 4.78 is 1.66. The number of benzene rings is 2. The zero-order valence-electron chi connectivity index (χ0n) is 11.5. The van der Waals surface area contributed by atoms with Crippen LogP contribution in [0, 0.1) is 0 Å². The summed E-state index contributed by atoms with van der Waals surface area (Å²) in [5.74, 6) is 0.744. The molecule has 4 aromatic rings. The second kappa shape index (κ2) is 4.31. The van der Waals surface area contributed by atoms with Crippen LogP contribution in [0.2, 0.25) is 0 Å². The highest BCUT2D eigenvalue weighted by molar-refractivity contribution is 6.10. The molecule has 0 radical (unpaired) electrons. The lowest BCUT2D eigenvalue weighted by Crippen LogP contribution is -2.05. The van der Waals surface area contributed by atoms with Crippen LogP contribution < -0.4 is 0 Å². The maximum absolute atomic E-state index is 12.0. The number of aromatic nitrogens is 3. The molecular formula is C17H13N3O. The van der Waals surface area contributed by atoms with E-state index in [0.29, 0.717) is 5.65 Å². The van der Waals surface area contributed by atoms with Crippen molar-refractivity contribution < 1.29 is 4.79 Å². The first-order valence-electron chi connectivity index (χ1n) is 6.81. The molecule has 4 nitrogen and oxygen atoms in total. The Balaban J connectivity index is 2.09. The molecule has 102 valence electrons. The predicted octanol–water partition coefficient (Wildman–Crippen LogP) is 3.84. The molecule has 2 aromatic carbocycles. The zero-order chi connectivity index (χ0) is 14.4. The minimum atomic E-state index is -0.0349. The van der Waals surface area contributed by atoms with E-state index >= 15 is 0 Å². The monoisotopic (exact) mass is 275 g/mol. The molecule has 21 heavy (non-hydrogen) atoms. The van der Waals surface area contributed by atoms with E-state index in [-0.39, 0.29) is 5.91 Å². The predicted molar refractivity (Wildman–Crippen MR) is 83.3 cm³/mol. The first kappa shape index (κ1) is 11.9. The van der Waals surface area contributed by atoms with Crippen molar-refractivity contribution in [2.45, 2.75) is 6.92 Å².